The van der Waals surface area contributed by atoms with Crippen molar-refractivity contribution in [2.24, 2.45) is 5.10 Å². The van der Waals surface area contributed by atoms with Crippen molar-refractivity contribution in [3.8, 4) is 0 Å². The maximum atomic E-state index is 13.1. The molecule has 3 N–H and O–H groups in total. The molecule has 1 aliphatic rings. The Balaban J connectivity index is 2.38. The molecule has 1 aromatic rings. The lowest BCUT2D eigenvalue weighted by Gasteiger charge is -2.07. The van der Waals surface area contributed by atoms with E-state index in [-0.39, 0.29) is 9.69 Å². The van der Waals surface area contributed by atoms with E-state index in [1.807, 2.05) is 10.6 Å². The predicted octanol–water partition coefficient (Wildman–Crippen LogP) is 1.98. The molecule has 0 fully saturated rings. The van der Waals surface area contributed by atoms with Crippen molar-refractivity contribution < 1.29 is 40.7 Å². The van der Waals surface area contributed by atoms with Gasteiger partial charge < -0.3 is 10.6 Å². The second-order valence-corrected chi connectivity index (χ2v) is 6.04. The minimum Gasteiger partial charge on any atom is -0.339 e. The molecule has 0 aliphatic carbocycles. The molecule has 0 saturated carbocycles. The summed E-state index contributed by atoms with van der Waals surface area (Å²) in [6.07, 6.45) is -6.14. The molecular weight excluding hydrogens is 466 g/mol. The summed E-state index contributed by atoms with van der Waals surface area (Å²) in [6.45, 7) is 0. The number of carbonyl (C=O) groups excluding carboxylic acids is 3. The third kappa shape index (κ3) is 5.21. The Morgan fingerprint density at radius 1 is 0.939 bits per heavy atom. The highest BCUT2D eigenvalue weighted by Gasteiger charge is 2.47. The number of nitrogens with zero attached hydrogens (tertiary/aromatic N) is 3. The minimum absolute atomic E-state index is 0.0328. The van der Waals surface area contributed by atoms with Crippen LogP contribution < -0.4 is 16.2 Å². The zero-order valence-corrected chi connectivity index (χ0v) is 16.6. The van der Waals surface area contributed by atoms with Crippen LogP contribution in [0.1, 0.15) is 11.3 Å². The van der Waals surface area contributed by atoms with E-state index in [0.717, 1.165) is 32.3 Å². The van der Waals surface area contributed by atoms with Gasteiger partial charge >= 0.3 is 24.4 Å². The van der Waals surface area contributed by atoms with Crippen LogP contribution in [0.3, 0.4) is 0 Å². The normalized spacial score (nSPS) is 16.2. The smallest absolute Gasteiger partial charge is 0.339 e. The fourth-order valence-corrected chi connectivity index (χ4v) is 2.46. The Kier molecular flexibility index (Phi) is 6.99. The monoisotopic (exact) mass is 480 g/mol. The number of rotatable bonds is 3. The summed E-state index contributed by atoms with van der Waals surface area (Å²) >= 11 is 0. The molecule has 0 radical (unpaired) electrons. The first-order chi connectivity index (χ1) is 15.2. The molecule has 0 spiro atoms. The van der Waals surface area contributed by atoms with E-state index in [4.69, 9.17) is 0 Å². The topological polar surface area (TPSA) is 129 Å². The lowest BCUT2D eigenvalue weighted by atomic mass is 10.1. The average molecular weight is 480 g/mol. The highest BCUT2D eigenvalue weighted by molar-refractivity contribution is 6.29. The quantitative estimate of drug-likeness (QED) is 0.347. The van der Waals surface area contributed by atoms with Crippen molar-refractivity contribution in [3.63, 3.8) is 0 Å². The molecule has 0 unspecified atom stereocenters. The number of amides is 4. The van der Waals surface area contributed by atoms with Crippen LogP contribution in [-0.4, -0.2) is 58.7 Å². The molecule has 33 heavy (non-hydrogen) atoms. The van der Waals surface area contributed by atoms with Crippen LogP contribution in [0, 0.1) is 0 Å². The third-order valence-electron chi connectivity index (χ3n) is 3.93. The number of imide groups is 1. The second kappa shape index (κ2) is 9.17. The van der Waals surface area contributed by atoms with Gasteiger partial charge in [-0.05, 0) is 12.2 Å². The molecule has 0 saturated heterocycles. The summed E-state index contributed by atoms with van der Waals surface area (Å²) < 4.78 is 78.9. The number of aromatic amines is 1. The van der Waals surface area contributed by atoms with Gasteiger partial charge in [-0.3, -0.25) is 14.7 Å². The van der Waals surface area contributed by atoms with Gasteiger partial charge in [0.15, 0.2) is 5.71 Å². The second-order valence-electron chi connectivity index (χ2n) is 6.04. The highest BCUT2D eigenvalue weighted by atomic mass is 19.4. The van der Waals surface area contributed by atoms with E-state index in [9.17, 15) is 45.5 Å². The van der Waals surface area contributed by atoms with E-state index in [1.54, 1.807) is 5.10 Å². The molecule has 178 valence electrons. The number of allylic oxidation sites excluding steroid dienone is 4. The van der Waals surface area contributed by atoms with Crippen LogP contribution in [-0.2, 0) is 11.0 Å². The SMILES string of the molecule is CNC(=O)N1N=C(C(F)(F)F)/C(=C/C=C/C=C/c2c(C(F)(F)F)[nH]n(C(=O)NC)c2=O)C1=O. The van der Waals surface area contributed by atoms with Crippen LogP contribution >= 0.6 is 0 Å². The zero-order chi connectivity index (χ0) is 25.1. The molecule has 1 aromatic heterocycles. The van der Waals surface area contributed by atoms with Gasteiger partial charge in [-0.25, -0.2) is 9.59 Å². The highest BCUT2D eigenvalue weighted by Crippen LogP contribution is 2.30. The Hall–Kier alpha value is -4.11. The molecule has 10 nitrogen and oxygen atoms in total. The summed E-state index contributed by atoms with van der Waals surface area (Å²) in [5, 5.41) is 8.45. The Morgan fingerprint density at radius 2 is 1.55 bits per heavy atom. The first-order valence-corrected chi connectivity index (χ1v) is 8.65. The summed E-state index contributed by atoms with van der Waals surface area (Å²) in [4.78, 5) is 47.2. The van der Waals surface area contributed by atoms with Crippen LogP contribution in [0.25, 0.3) is 6.08 Å². The molecule has 2 heterocycles. The number of halogens is 6. The molecule has 0 atom stereocenters. The summed E-state index contributed by atoms with van der Waals surface area (Å²) in [6, 6.07) is -2.38. The third-order valence-corrected chi connectivity index (χ3v) is 3.93. The number of H-pyrrole nitrogens is 1. The van der Waals surface area contributed by atoms with Gasteiger partial charge in [0.25, 0.3) is 11.5 Å². The van der Waals surface area contributed by atoms with Crippen LogP contribution in [0.15, 0.2) is 39.8 Å². The van der Waals surface area contributed by atoms with Gasteiger partial charge in [0.2, 0.25) is 0 Å². The zero-order valence-electron chi connectivity index (χ0n) is 16.6. The Morgan fingerprint density at radius 3 is 2.06 bits per heavy atom. The summed E-state index contributed by atoms with van der Waals surface area (Å²) in [5.41, 5.74) is -6.44. The maximum absolute atomic E-state index is 13.1. The average Bonchev–Trinajstić information content (AvgIpc) is 3.24. The number of hydrazone groups is 1. The van der Waals surface area contributed by atoms with Crippen LogP contribution in [0.4, 0.5) is 35.9 Å². The van der Waals surface area contributed by atoms with Gasteiger partial charge in [0.1, 0.15) is 5.69 Å². The number of hydrogen-bond donors (Lipinski definition) is 3. The summed E-state index contributed by atoms with van der Waals surface area (Å²) in [5.74, 6) is -1.38. The number of aromatic nitrogens is 2. The predicted molar refractivity (Wildman–Crippen MR) is 101 cm³/mol. The maximum Gasteiger partial charge on any atom is 0.435 e. The number of alkyl halides is 6. The van der Waals surface area contributed by atoms with Gasteiger partial charge in [0, 0.05) is 14.1 Å². The van der Waals surface area contributed by atoms with Crippen molar-refractivity contribution >= 4 is 29.8 Å². The largest absolute Gasteiger partial charge is 0.435 e. The lowest BCUT2D eigenvalue weighted by Crippen LogP contribution is -2.36. The molecule has 0 aromatic carbocycles. The van der Waals surface area contributed by atoms with Gasteiger partial charge in [-0.2, -0.15) is 36.1 Å². The van der Waals surface area contributed by atoms with E-state index in [1.165, 1.54) is 0 Å². The van der Waals surface area contributed by atoms with Crippen molar-refractivity contribution in [1.29, 1.82) is 0 Å². The van der Waals surface area contributed by atoms with Crippen molar-refractivity contribution in [2.45, 2.75) is 12.4 Å². The van der Waals surface area contributed by atoms with E-state index in [0.29, 0.717) is 12.2 Å². The lowest BCUT2D eigenvalue weighted by molar-refractivity contribution is -0.141. The van der Waals surface area contributed by atoms with Crippen LogP contribution in [0.5, 0.6) is 0 Å². The first kappa shape index (κ1) is 25.2. The van der Waals surface area contributed by atoms with E-state index < -0.39 is 58.4 Å². The number of hydrogen-bond acceptors (Lipinski definition) is 5. The van der Waals surface area contributed by atoms with E-state index in [2.05, 4.69) is 5.10 Å². The molecule has 16 heteroatoms. The fraction of sp³-hybridized carbons (Fsp3) is 0.235. The molecule has 4 amide bonds. The van der Waals surface area contributed by atoms with Gasteiger partial charge in [-0.1, -0.05) is 18.2 Å². The standard InChI is InChI=1S/C17H14F6N6O4/c1-24-14(32)28-12(30)8(10(26-28)16(18,19)20)6-4-3-5-7-9-11(17(21,22)23)27-29(13(9)31)15(33)25-2/h3-7,26H,1-2H3,(H,24,32)(H,25,33)/b5-3+,6-4+,9-7-. The van der Waals surface area contributed by atoms with Crippen LogP contribution in [0.2, 0.25) is 0 Å². The fourth-order valence-electron chi connectivity index (χ4n) is 2.46. The summed E-state index contributed by atoms with van der Waals surface area (Å²) in [7, 11) is 2.15. The first-order valence-electron chi connectivity index (χ1n) is 8.65. The van der Waals surface area contributed by atoms with Gasteiger partial charge in [-0.15, -0.1) is 5.01 Å². The number of nitrogens with one attached hydrogen (secondary N) is 3. The van der Waals surface area contributed by atoms with Crippen molar-refractivity contribution in [2.75, 3.05) is 14.1 Å². The number of urea groups is 1. The van der Waals surface area contributed by atoms with Gasteiger partial charge in [0.05, 0.1) is 11.1 Å². The van der Waals surface area contributed by atoms with E-state index >= 15 is 0 Å². The van der Waals surface area contributed by atoms with Crippen molar-refractivity contribution in [3.05, 3.63) is 51.5 Å². The Labute approximate surface area is 179 Å². The van der Waals surface area contributed by atoms with Crippen molar-refractivity contribution in [1.82, 2.24) is 25.4 Å². The molecule has 0 bridgehead atoms. The molecular formula is C17H14F6N6O4. The Bertz CT molecular complexity index is 1150. The molecule has 2 rings (SSSR count). The molecule has 1 aliphatic heterocycles. The number of carbonyl (C=O) groups is 3. The minimum atomic E-state index is -5.08.